The molecule has 0 aromatic carbocycles. The summed E-state index contributed by atoms with van der Waals surface area (Å²) in [5, 5.41) is 16.4. The van der Waals surface area contributed by atoms with Crippen molar-refractivity contribution in [3.05, 3.63) is 0 Å². The molecule has 0 spiro atoms. The zero-order valence-electron chi connectivity index (χ0n) is 8.71. The van der Waals surface area contributed by atoms with Gasteiger partial charge >= 0.3 is 0 Å². The molecular formula is C10H24O2. The molecule has 2 N–H and O–H groups in total. The van der Waals surface area contributed by atoms with Crippen molar-refractivity contribution in [1.82, 2.24) is 0 Å². The van der Waals surface area contributed by atoms with Gasteiger partial charge in [0, 0.05) is 13.2 Å². The van der Waals surface area contributed by atoms with Crippen molar-refractivity contribution < 1.29 is 10.2 Å². The zero-order chi connectivity index (χ0) is 9.82. The van der Waals surface area contributed by atoms with Gasteiger partial charge in [-0.25, -0.2) is 0 Å². The fourth-order valence-electron chi connectivity index (χ4n) is 0.539. The number of rotatable bonds is 5. The summed E-state index contributed by atoms with van der Waals surface area (Å²) in [7, 11) is 0. The van der Waals surface area contributed by atoms with Crippen LogP contribution in [0, 0.1) is 5.92 Å². The van der Waals surface area contributed by atoms with Crippen LogP contribution >= 0.6 is 0 Å². The third-order valence-electron chi connectivity index (χ3n) is 1.38. The highest BCUT2D eigenvalue weighted by Crippen LogP contribution is 1.96. The average Bonchev–Trinajstić information content (AvgIpc) is 2.07. The van der Waals surface area contributed by atoms with Gasteiger partial charge in [0.2, 0.25) is 0 Å². The van der Waals surface area contributed by atoms with Gasteiger partial charge in [0.1, 0.15) is 0 Å². The summed E-state index contributed by atoms with van der Waals surface area (Å²) < 4.78 is 0. The van der Waals surface area contributed by atoms with Gasteiger partial charge in [-0.2, -0.15) is 0 Å². The minimum atomic E-state index is 0.306. The Kier molecular flexibility index (Phi) is 16.3. The van der Waals surface area contributed by atoms with Crippen molar-refractivity contribution in [3.8, 4) is 0 Å². The molecule has 0 atom stereocenters. The molecule has 2 nitrogen and oxygen atoms in total. The third kappa shape index (κ3) is 22.5. The van der Waals surface area contributed by atoms with Crippen LogP contribution in [0.5, 0.6) is 0 Å². The summed E-state index contributed by atoms with van der Waals surface area (Å²) in [6.07, 6.45) is 4.68. The SMILES string of the molecule is CC(C)CO.CCCCCCO. The third-order valence-corrected chi connectivity index (χ3v) is 1.38. The van der Waals surface area contributed by atoms with Gasteiger partial charge in [-0.3, -0.25) is 0 Å². The van der Waals surface area contributed by atoms with Gasteiger partial charge in [0.25, 0.3) is 0 Å². The molecular weight excluding hydrogens is 152 g/mol. The van der Waals surface area contributed by atoms with Gasteiger partial charge in [-0.1, -0.05) is 40.0 Å². The second kappa shape index (κ2) is 13.5. The molecule has 0 aromatic heterocycles. The van der Waals surface area contributed by atoms with Crippen molar-refractivity contribution in [2.24, 2.45) is 5.92 Å². The van der Waals surface area contributed by atoms with Crippen LogP contribution in [0.15, 0.2) is 0 Å². The lowest BCUT2D eigenvalue weighted by Crippen LogP contribution is -1.90. The zero-order valence-corrected chi connectivity index (χ0v) is 8.71. The molecule has 0 fully saturated rings. The molecule has 76 valence electrons. The Balaban J connectivity index is 0. The first-order chi connectivity index (χ1) is 5.68. The Morgan fingerprint density at radius 3 is 1.75 bits per heavy atom. The van der Waals surface area contributed by atoms with E-state index in [2.05, 4.69) is 6.92 Å². The molecule has 0 aliphatic heterocycles. The predicted octanol–water partition coefficient (Wildman–Crippen LogP) is 2.19. The largest absolute Gasteiger partial charge is 0.396 e. The van der Waals surface area contributed by atoms with E-state index in [1.54, 1.807) is 0 Å². The summed E-state index contributed by atoms with van der Waals surface area (Å²) in [5.74, 6) is 0.440. The maximum atomic E-state index is 8.29. The van der Waals surface area contributed by atoms with Crippen LogP contribution in [0.2, 0.25) is 0 Å². The van der Waals surface area contributed by atoms with Crippen LogP contribution in [0.1, 0.15) is 46.5 Å². The number of hydrogen-bond donors (Lipinski definition) is 2. The topological polar surface area (TPSA) is 40.5 Å². The molecule has 12 heavy (non-hydrogen) atoms. The Bertz CT molecular complexity index is 58.9. The van der Waals surface area contributed by atoms with E-state index in [1.807, 2.05) is 13.8 Å². The first-order valence-corrected chi connectivity index (χ1v) is 4.90. The monoisotopic (exact) mass is 176 g/mol. The molecule has 0 rings (SSSR count). The van der Waals surface area contributed by atoms with Crippen molar-refractivity contribution in [2.75, 3.05) is 13.2 Å². The average molecular weight is 176 g/mol. The highest BCUT2D eigenvalue weighted by Gasteiger charge is 1.81. The summed E-state index contributed by atoms with van der Waals surface area (Å²) in [6.45, 7) is 6.78. The van der Waals surface area contributed by atoms with E-state index < -0.39 is 0 Å². The minimum absolute atomic E-state index is 0.306. The van der Waals surface area contributed by atoms with E-state index >= 15 is 0 Å². The Morgan fingerprint density at radius 1 is 1.00 bits per heavy atom. The van der Waals surface area contributed by atoms with Crippen molar-refractivity contribution in [2.45, 2.75) is 46.5 Å². The molecule has 0 radical (unpaired) electrons. The van der Waals surface area contributed by atoms with E-state index in [1.165, 1.54) is 19.3 Å². The standard InChI is InChI=1S/C6H14O.C4H10O/c1-2-3-4-5-6-7;1-4(2)3-5/h7H,2-6H2,1H3;4-5H,3H2,1-2H3. The van der Waals surface area contributed by atoms with E-state index in [0.29, 0.717) is 19.1 Å². The highest BCUT2D eigenvalue weighted by molar-refractivity contribution is 4.35. The van der Waals surface area contributed by atoms with Crippen molar-refractivity contribution >= 4 is 0 Å². The van der Waals surface area contributed by atoms with E-state index in [-0.39, 0.29) is 0 Å². The van der Waals surface area contributed by atoms with Crippen LogP contribution in [-0.2, 0) is 0 Å². The molecule has 0 aliphatic carbocycles. The molecule has 0 saturated heterocycles. The Morgan fingerprint density at radius 2 is 1.50 bits per heavy atom. The van der Waals surface area contributed by atoms with E-state index in [0.717, 1.165) is 6.42 Å². The van der Waals surface area contributed by atoms with Crippen molar-refractivity contribution in [1.29, 1.82) is 0 Å². The fourth-order valence-corrected chi connectivity index (χ4v) is 0.539. The van der Waals surface area contributed by atoms with Crippen LogP contribution in [0.3, 0.4) is 0 Å². The van der Waals surface area contributed by atoms with Gasteiger partial charge in [-0.05, 0) is 12.3 Å². The quantitative estimate of drug-likeness (QED) is 0.630. The molecule has 0 aromatic rings. The maximum absolute atomic E-state index is 8.29. The maximum Gasteiger partial charge on any atom is 0.0453 e. The van der Waals surface area contributed by atoms with E-state index in [9.17, 15) is 0 Å². The van der Waals surface area contributed by atoms with Crippen LogP contribution < -0.4 is 0 Å². The van der Waals surface area contributed by atoms with Crippen molar-refractivity contribution in [3.63, 3.8) is 0 Å². The number of hydrogen-bond acceptors (Lipinski definition) is 2. The van der Waals surface area contributed by atoms with Gasteiger partial charge in [-0.15, -0.1) is 0 Å². The first kappa shape index (κ1) is 14.4. The Hall–Kier alpha value is -0.0800. The Labute approximate surface area is 76.6 Å². The smallest absolute Gasteiger partial charge is 0.0453 e. The molecule has 0 aliphatic rings. The summed E-state index contributed by atoms with van der Waals surface area (Å²) in [5.41, 5.74) is 0. The molecule has 0 amide bonds. The minimum Gasteiger partial charge on any atom is -0.396 e. The van der Waals surface area contributed by atoms with E-state index in [4.69, 9.17) is 10.2 Å². The number of unbranched alkanes of at least 4 members (excludes halogenated alkanes) is 3. The lowest BCUT2D eigenvalue weighted by Gasteiger charge is -1.90. The highest BCUT2D eigenvalue weighted by atomic mass is 16.3. The molecule has 0 saturated carbocycles. The number of aliphatic hydroxyl groups excluding tert-OH is 2. The van der Waals surface area contributed by atoms with Crippen LogP contribution in [0.25, 0.3) is 0 Å². The van der Waals surface area contributed by atoms with Gasteiger partial charge < -0.3 is 10.2 Å². The summed E-state index contributed by atoms with van der Waals surface area (Å²) in [6, 6.07) is 0. The van der Waals surface area contributed by atoms with Gasteiger partial charge in [0.05, 0.1) is 0 Å². The predicted molar refractivity (Wildman–Crippen MR) is 53.2 cm³/mol. The molecule has 2 heteroatoms. The second-order valence-corrected chi connectivity index (χ2v) is 3.36. The lowest BCUT2D eigenvalue weighted by atomic mass is 10.2. The summed E-state index contributed by atoms with van der Waals surface area (Å²) in [4.78, 5) is 0. The second-order valence-electron chi connectivity index (χ2n) is 3.36. The molecule has 0 bridgehead atoms. The van der Waals surface area contributed by atoms with Crippen LogP contribution in [0.4, 0.5) is 0 Å². The number of aliphatic hydroxyl groups is 2. The lowest BCUT2D eigenvalue weighted by molar-refractivity contribution is 0.248. The van der Waals surface area contributed by atoms with Crippen LogP contribution in [-0.4, -0.2) is 23.4 Å². The first-order valence-electron chi connectivity index (χ1n) is 4.90. The normalized spacial score (nSPS) is 9.50. The van der Waals surface area contributed by atoms with Gasteiger partial charge in [0.15, 0.2) is 0 Å². The molecule has 0 heterocycles. The summed E-state index contributed by atoms with van der Waals surface area (Å²) >= 11 is 0. The molecule has 0 unspecified atom stereocenters. The fraction of sp³-hybridized carbons (Fsp3) is 1.00.